The summed E-state index contributed by atoms with van der Waals surface area (Å²) in [5, 5.41) is 3.81. The smallest absolute Gasteiger partial charge is 0.321 e. The maximum Gasteiger partial charge on any atom is 0.322 e. The summed E-state index contributed by atoms with van der Waals surface area (Å²) in [7, 11) is -3.03. The first-order chi connectivity index (χ1) is 11.0. The van der Waals surface area contributed by atoms with E-state index >= 15 is 0 Å². The van der Waals surface area contributed by atoms with Crippen LogP contribution in [0.5, 0.6) is 0 Å². The molecule has 2 amide bonds. The summed E-state index contributed by atoms with van der Waals surface area (Å²) in [5.74, 6) is 0.194. The number of hydrogen-bond acceptors (Lipinski definition) is 4. The number of anilines is 1. The van der Waals surface area contributed by atoms with Crippen molar-refractivity contribution in [1.29, 1.82) is 0 Å². The zero-order valence-corrected chi connectivity index (χ0v) is 13.7. The fourth-order valence-electron chi connectivity index (χ4n) is 2.98. The zero-order chi connectivity index (χ0) is 16.4. The van der Waals surface area contributed by atoms with Crippen molar-refractivity contribution >= 4 is 32.5 Å². The lowest BCUT2D eigenvalue weighted by Crippen LogP contribution is -2.43. The molecule has 2 heterocycles. The van der Waals surface area contributed by atoms with Crippen molar-refractivity contribution in [2.45, 2.75) is 19.4 Å². The molecule has 1 atom stereocenters. The summed E-state index contributed by atoms with van der Waals surface area (Å²) in [4.78, 5) is 18.5. The van der Waals surface area contributed by atoms with Crippen LogP contribution in [0, 0.1) is 0 Å². The number of amides is 2. The second-order valence-electron chi connectivity index (χ2n) is 5.65. The van der Waals surface area contributed by atoms with Gasteiger partial charge in [0.05, 0.1) is 22.7 Å². The number of sulfone groups is 1. The molecule has 0 radical (unpaired) electrons. The fraction of sp³-hybridized carbons (Fsp3) is 0.375. The molecule has 0 aliphatic carbocycles. The van der Waals surface area contributed by atoms with E-state index < -0.39 is 9.84 Å². The number of nitrogens with zero attached hydrogens (tertiary/aromatic N) is 2. The van der Waals surface area contributed by atoms with Gasteiger partial charge in [-0.3, -0.25) is 4.98 Å². The first-order valence-corrected chi connectivity index (χ1v) is 9.44. The molecule has 122 valence electrons. The lowest BCUT2D eigenvalue weighted by Gasteiger charge is -2.27. The number of rotatable bonds is 3. The highest BCUT2D eigenvalue weighted by atomic mass is 32.2. The number of urea groups is 1. The molecule has 0 bridgehead atoms. The number of nitrogens with one attached hydrogen (secondary N) is 1. The lowest BCUT2D eigenvalue weighted by molar-refractivity contribution is 0.198. The Morgan fingerprint density at radius 1 is 1.35 bits per heavy atom. The summed E-state index contributed by atoms with van der Waals surface area (Å²) in [6.07, 6.45) is 2.18. The van der Waals surface area contributed by atoms with Crippen molar-refractivity contribution < 1.29 is 13.2 Å². The fourth-order valence-corrected chi connectivity index (χ4v) is 4.71. The lowest BCUT2D eigenvalue weighted by atomic mass is 10.2. The molecule has 7 heteroatoms. The molecular weight excluding hydrogens is 314 g/mol. The topological polar surface area (TPSA) is 79.4 Å². The molecule has 1 aliphatic heterocycles. The number of carbonyl (C=O) groups excluding carboxylic acids is 1. The third-order valence-corrected chi connectivity index (χ3v) is 5.88. The molecule has 1 aromatic heterocycles. The van der Waals surface area contributed by atoms with Gasteiger partial charge in [-0.05, 0) is 25.5 Å². The molecule has 23 heavy (non-hydrogen) atoms. The number of hydrogen-bond donors (Lipinski definition) is 1. The van der Waals surface area contributed by atoms with Crippen LogP contribution in [0.4, 0.5) is 10.5 Å². The number of para-hydroxylation sites is 1. The molecule has 1 saturated heterocycles. The Kier molecular flexibility index (Phi) is 4.21. The van der Waals surface area contributed by atoms with Crippen LogP contribution in [0.1, 0.15) is 13.3 Å². The molecule has 1 unspecified atom stereocenters. The Morgan fingerprint density at radius 3 is 2.83 bits per heavy atom. The van der Waals surface area contributed by atoms with Gasteiger partial charge in [0.25, 0.3) is 0 Å². The Bertz CT molecular complexity index is 830. The van der Waals surface area contributed by atoms with Crippen LogP contribution < -0.4 is 5.32 Å². The average molecular weight is 333 g/mol. The van der Waals surface area contributed by atoms with Crippen LogP contribution >= 0.6 is 0 Å². The van der Waals surface area contributed by atoms with E-state index in [0.717, 1.165) is 10.9 Å². The van der Waals surface area contributed by atoms with Crippen LogP contribution in [0.25, 0.3) is 10.9 Å². The number of carbonyl (C=O) groups is 1. The molecule has 3 rings (SSSR count). The number of fused-ring (bicyclic) bond motifs is 1. The molecule has 1 N–H and O–H groups in total. The summed E-state index contributed by atoms with van der Waals surface area (Å²) in [6.45, 7) is 2.32. The molecule has 1 fully saturated rings. The highest BCUT2D eigenvalue weighted by Crippen LogP contribution is 2.23. The Morgan fingerprint density at radius 2 is 2.13 bits per heavy atom. The molecule has 0 saturated carbocycles. The highest BCUT2D eigenvalue weighted by Gasteiger charge is 2.34. The van der Waals surface area contributed by atoms with Crippen molar-refractivity contribution in [3.8, 4) is 0 Å². The number of aromatic nitrogens is 1. The van der Waals surface area contributed by atoms with Gasteiger partial charge in [0.15, 0.2) is 9.84 Å². The van der Waals surface area contributed by atoms with E-state index in [2.05, 4.69) is 10.3 Å². The van der Waals surface area contributed by atoms with E-state index in [9.17, 15) is 13.2 Å². The van der Waals surface area contributed by atoms with Gasteiger partial charge in [0.1, 0.15) is 0 Å². The van der Waals surface area contributed by atoms with Crippen LogP contribution in [0.2, 0.25) is 0 Å². The predicted molar refractivity (Wildman–Crippen MR) is 90.2 cm³/mol. The number of pyridine rings is 1. The Balaban J connectivity index is 1.82. The van der Waals surface area contributed by atoms with Gasteiger partial charge >= 0.3 is 6.03 Å². The van der Waals surface area contributed by atoms with E-state index in [0.29, 0.717) is 18.7 Å². The van der Waals surface area contributed by atoms with Crippen molar-refractivity contribution in [2.75, 3.05) is 23.4 Å². The van der Waals surface area contributed by atoms with Crippen molar-refractivity contribution in [2.24, 2.45) is 0 Å². The van der Waals surface area contributed by atoms with Gasteiger partial charge < -0.3 is 10.2 Å². The summed E-state index contributed by atoms with van der Waals surface area (Å²) < 4.78 is 23.3. The van der Waals surface area contributed by atoms with Crippen molar-refractivity contribution in [3.05, 3.63) is 36.5 Å². The van der Waals surface area contributed by atoms with Gasteiger partial charge in [-0.2, -0.15) is 0 Å². The molecule has 2 aromatic rings. The van der Waals surface area contributed by atoms with Crippen molar-refractivity contribution in [3.63, 3.8) is 0 Å². The maximum atomic E-state index is 12.6. The summed E-state index contributed by atoms with van der Waals surface area (Å²) in [5.41, 5.74) is 1.35. The van der Waals surface area contributed by atoms with E-state index in [1.54, 1.807) is 17.2 Å². The minimum Gasteiger partial charge on any atom is -0.321 e. The minimum absolute atomic E-state index is 0.0437. The van der Waals surface area contributed by atoms with Crippen molar-refractivity contribution in [1.82, 2.24) is 9.88 Å². The second-order valence-corrected chi connectivity index (χ2v) is 7.88. The van der Waals surface area contributed by atoms with Gasteiger partial charge in [-0.25, -0.2) is 13.2 Å². The minimum atomic E-state index is -3.03. The standard InChI is InChI=1S/C16H19N3O3S/c1-2-19(13-8-10-23(21,22)11-13)16(20)18-14-7-3-5-12-6-4-9-17-15(12)14/h3-7,9,13H,2,8,10-11H2,1H3,(H,18,20). The summed E-state index contributed by atoms with van der Waals surface area (Å²) >= 11 is 0. The molecule has 1 aliphatic rings. The van der Waals surface area contributed by atoms with Crippen LogP contribution in [0.3, 0.4) is 0 Å². The van der Waals surface area contributed by atoms with Crippen LogP contribution in [-0.4, -0.2) is 48.4 Å². The van der Waals surface area contributed by atoms with Gasteiger partial charge in [0.2, 0.25) is 0 Å². The van der Waals surface area contributed by atoms with Gasteiger partial charge in [0, 0.05) is 24.2 Å². The van der Waals surface area contributed by atoms with Gasteiger partial charge in [-0.15, -0.1) is 0 Å². The zero-order valence-electron chi connectivity index (χ0n) is 12.9. The Hall–Kier alpha value is -2.15. The van der Waals surface area contributed by atoms with E-state index in [1.165, 1.54) is 0 Å². The largest absolute Gasteiger partial charge is 0.322 e. The SMILES string of the molecule is CCN(C(=O)Nc1cccc2cccnc12)C1CCS(=O)(=O)C1. The summed E-state index contributed by atoms with van der Waals surface area (Å²) in [6, 6.07) is 8.82. The molecule has 0 spiro atoms. The average Bonchev–Trinajstić information content (AvgIpc) is 2.88. The first-order valence-electron chi connectivity index (χ1n) is 7.62. The van der Waals surface area contributed by atoms with Gasteiger partial charge in [-0.1, -0.05) is 18.2 Å². The molecule has 6 nitrogen and oxygen atoms in total. The Labute approximate surface area is 135 Å². The number of benzene rings is 1. The van der Waals surface area contributed by atoms with E-state index in [4.69, 9.17) is 0 Å². The highest BCUT2D eigenvalue weighted by molar-refractivity contribution is 7.91. The normalized spacial score (nSPS) is 19.6. The quantitative estimate of drug-likeness (QED) is 0.934. The monoisotopic (exact) mass is 333 g/mol. The predicted octanol–water partition coefficient (Wildman–Crippen LogP) is 2.28. The molecule has 1 aromatic carbocycles. The third-order valence-electron chi connectivity index (χ3n) is 4.13. The van der Waals surface area contributed by atoms with E-state index in [-0.39, 0.29) is 23.6 Å². The third kappa shape index (κ3) is 3.29. The second kappa shape index (κ2) is 6.16. The molecular formula is C16H19N3O3S. The van der Waals surface area contributed by atoms with Crippen LogP contribution in [0.15, 0.2) is 36.5 Å². The maximum absolute atomic E-state index is 12.6. The van der Waals surface area contributed by atoms with Crippen LogP contribution in [-0.2, 0) is 9.84 Å². The first kappa shape index (κ1) is 15.7. The van der Waals surface area contributed by atoms with E-state index in [1.807, 2.05) is 31.2 Å².